The average molecular weight is 251 g/mol. The Morgan fingerprint density at radius 1 is 1.56 bits per heavy atom. The molecule has 2 rings (SSSR count). The molecule has 4 N–H and O–H groups in total. The molecular weight excluding hydrogens is 234 g/mol. The van der Waals surface area contributed by atoms with E-state index >= 15 is 0 Å². The number of aromatic nitrogens is 2. The lowest BCUT2D eigenvalue weighted by Gasteiger charge is -2.35. The highest BCUT2D eigenvalue weighted by molar-refractivity contribution is 5.90. The van der Waals surface area contributed by atoms with Crippen LogP contribution in [0.3, 0.4) is 0 Å². The number of ether oxygens (including phenoxy) is 1. The number of amides is 1. The second-order valence-corrected chi connectivity index (χ2v) is 4.36. The molecule has 0 saturated carbocycles. The Balaban J connectivity index is 2.09. The van der Waals surface area contributed by atoms with Gasteiger partial charge in [0.1, 0.15) is 0 Å². The summed E-state index contributed by atoms with van der Waals surface area (Å²) in [6.45, 7) is 3.91. The van der Waals surface area contributed by atoms with Crippen LogP contribution in [0.5, 0.6) is 0 Å². The maximum atomic E-state index is 10.9. The van der Waals surface area contributed by atoms with Gasteiger partial charge in [0.25, 0.3) is 5.91 Å². The fourth-order valence-corrected chi connectivity index (χ4v) is 1.83. The third-order valence-corrected chi connectivity index (χ3v) is 2.91. The molecule has 7 nitrogen and oxygen atoms in total. The van der Waals surface area contributed by atoms with Gasteiger partial charge in [-0.2, -0.15) is 0 Å². The van der Waals surface area contributed by atoms with Gasteiger partial charge in [0.2, 0.25) is 0 Å². The minimum atomic E-state index is -0.579. The van der Waals surface area contributed by atoms with Crippen LogP contribution in [0, 0.1) is 0 Å². The summed E-state index contributed by atoms with van der Waals surface area (Å²) in [6, 6.07) is 3.27. The molecule has 1 amide bonds. The quantitative estimate of drug-likeness (QED) is 0.723. The molecular formula is C11H17N5O2. The van der Waals surface area contributed by atoms with E-state index in [0.29, 0.717) is 19.0 Å². The third kappa shape index (κ3) is 2.74. The molecule has 0 spiro atoms. The number of carbonyl (C=O) groups excluding carboxylic acids is 1. The summed E-state index contributed by atoms with van der Waals surface area (Å²) in [5.74, 6) is 0.124. The summed E-state index contributed by atoms with van der Waals surface area (Å²) in [6.07, 6.45) is -0.0173. The van der Waals surface area contributed by atoms with Crippen molar-refractivity contribution in [2.24, 2.45) is 11.5 Å². The Morgan fingerprint density at radius 3 is 2.89 bits per heavy atom. The maximum absolute atomic E-state index is 10.9. The number of morpholine rings is 1. The first kappa shape index (κ1) is 12.7. The smallest absolute Gasteiger partial charge is 0.269 e. The van der Waals surface area contributed by atoms with E-state index in [-0.39, 0.29) is 17.8 Å². The Hall–Kier alpha value is -1.73. The Morgan fingerprint density at radius 2 is 2.33 bits per heavy atom. The maximum Gasteiger partial charge on any atom is 0.269 e. The van der Waals surface area contributed by atoms with Crippen LogP contribution in [0.1, 0.15) is 17.4 Å². The predicted molar refractivity (Wildman–Crippen MR) is 66.2 cm³/mol. The summed E-state index contributed by atoms with van der Waals surface area (Å²) in [4.78, 5) is 12.9. The van der Waals surface area contributed by atoms with Gasteiger partial charge in [0.15, 0.2) is 11.5 Å². The number of primary amides is 1. The Labute approximate surface area is 105 Å². The largest absolute Gasteiger partial charge is 0.373 e. The van der Waals surface area contributed by atoms with Crippen LogP contribution in [0.4, 0.5) is 5.82 Å². The molecule has 1 aromatic heterocycles. The lowest BCUT2D eigenvalue weighted by Crippen LogP contribution is -2.49. The molecule has 1 aliphatic heterocycles. The van der Waals surface area contributed by atoms with Crippen molar-refractivity contribution in [1.82, 2.24) is 10.2 Å². The first-order valence-electron chi connectivity index (χ1n) is 5.83. The van der Waals surface area contributed by atoms with Gasteiger partial charge in [-0.15, -0.1) is 10.2 Å². The minimum Gasteiger partial charge on any atom is -0.373 e. The molecule has 2 atom stereocenters. The van der Waals surface area contributed by atoms with Gasteiger partial charge in [-0.1, -0.05) is 0 Å². The van der Waals surface area contributed by atoms with Crippen molar-refractivity contribution in [3.05, 3.63) is 17.8 Å². The van der Waals surface area contributed by atoms with Crippen molar-refractivity contribution in [3.63, 3.8) is 0 Å². The summed E-state index contributed by atoms with van der Waals surface area (Å²) in [7, 11) is 0. The molecule has 2 unspecified atom stereocenters. The van der Waals surface area contributed by atoms with Crippen molar-refractivity contribution in [2.75, 3.05) is 24.6 Å². The molecule has 1 saturated heterocycles. The van der Waals surface area contributed by atoms with E-state index in [1.54, 1.807) is 12.1 Å². The molecule has 1 aromatic rings. The molecule has 18 heavy (non-hydrogen) atoms. The third-order valence-electron chi connectivity index (χ3n) is 2.91. The van der Waals surface area contributed by atoms with Gasteiger partial charge in [0.05, 0.1) is 12.7 Å². The average Bonchev–Trinajstić information content (AvgIpc) is 2.39. The van der Waals surface area contributed by atoms with Gasteiger partial charge in [-0.05, 0) is 19.1 Å². The zero-order chi connectivity index (χ0) is 13.1. The van der Waals surface area contributed by atoms with E-state index in [9.17, 15) is 4.79 Å². The summed E-state index contributed by atoms with van der Waals surface area (Å²) in [5.41, 5.74) is 11.1. The van der Waals surface area contributed by atoms with E-state index in [2.05, 4.69) is 10.2 Å². The van der Waals surface area contributed by atoms with E-state index in [1.165, 1.54) is 0 Å². The summed E-state index contributed by atoms with van der Waals surface area (Å²) >= 11 is 0. The molecule has 1 fully saturated rings. The van der Waals surface area contributed by atoms with Crippen LogP contribution in [0.15, 0.2) is 12.1 Å². The normalized spacial score (nSPS) is 21.7. The Bertz CT molecular complexity index is 420. The van der Waals surface area contributed by atoms with Crippen LogP contribution in [-0.2, 0) is 4.74 Å². The van der Waals surface area contributed by atoms with Crippen molar-refractivity contribution in [1.29, 1.82) is 0 Å². The lowest BCUT2D eigenvalue weighted by molar-refractivity contribution is 0.0273. The van der Waals surface area contributed by atoms with Crippen molar-refractivity contribution in [2.45, 2.75) is 19.1 Å². The van der Waals surface area contributed by atoms with Crippen molar-refractivity contribution >= 4 is 11.7 Å². The number of nitrogens with zero attached hydrogens (tertiary/aromatic N) is 3. The molecule has 1 aliphatic rings. The van der Waals surface area contributed by atoms with Gasteiger partial charge >= 0.3 is 0 Å². The molecule has 0 radical (unpaired) electrons. The highest BCUT2D eigenvalue weighted by Gasteiger charge is 2.24. The van der Waals surface area contributed by atoms with E-state index in [0.717, 1.165) is 6.54 Å². The first-order valence-corrected chi connectivity index (χ1v) is 5.83. The number of hydrogen-bond donors (Lipinski definition) is 2. The van der Waals surface area contributed by atoms with Crippen molar-refractivity contribution in [3.8, 4) is 0 Å². The van der Waals surface area contributed by atoms with E-state index < -0.39 is 5.91 Å². The fourth-order valence-electron chi connectivity index (χ4n) is 1.83. The fraction of sp³-hybridized carbons (Fsp3) is 0.545. The van der Waals surface area contributed by atoms with Gasteiger partial charge in [-0.25, -0.2) is 0 Å². The minimum absolute atomic E-state index is 0.0173. The van der Waals surface area contributed by atoms with E-state index in [1.807, 2.05) is 11.8 Å². The molecule has 2 heterocycles. The van der Waals surface area contributed by atoms with Crippen LogP contribution in [-0.4, -0.2) is 47.9 Å². The topological polar surface area (TPSA) is 107 Å². The van der Waals surface area contributed by atoms with Gasteiger partial charge < -0.3 is 21.1 Å². The second kappa shape index (κ2) is 5.28. The number of nitrogens with two attached hydrogens (primary N) is 2. The molecule has 0 aromatic carbocycles. The number of hydrogen-bond acceptors (Lipinski definition) is 6. The van der Waals surface area contributed by atoms with Crippen LogP contribution >= 0.6 is 0 Å². The molecule has 0 bridgehead atoms. The highest BCUT2D eigenvalue weighted by atomic mass is 16.5. The number of anilines is 1. The monoisotopic (exact) mass is 251 g/mol. The van der Waals surface area contributed by atoms with Crippen LogP contribution < -0.4 is 16.4 Å². The van der Waals surface area contributed by atoms with Crippen molar-refractivity contribution < 1.29 is 9.53 Å². The predicted octanol–water partition coefficient (Wildman–Crippen LogP) is -0.872. The number of carbonyl (C=O) groups is 1. The molecule has 98 valence electrons. The SMILES string of the molecule is CC(N)C1CN(c2ccc(C(N)=O)nn2)CCO1. The zero-order valence-electron chi connectivity index (χ0n) is 10.2. The standard InChI is InChI=1S/C11H17N5O2/c1-7(12)9-6-16(4-5-18-9)10-3-2-8(11(13)17)14-15-10/h2-3,7,9H,4-6,12H2,1H3,(H2,13,17). The van der Waals surface area contributed by atoms with Crippen LogP contribution in [0.25, 0.3) is 0 Å². The van der Waals surface area contributed by atoms with E-state index in [4.69, 9.17) is 16.2 Å². The van der Waals surface area contributed by atoms with Gasteiger partial charge in [-0.3, -0.25) is 4.79 Å². The second-order valence-electron chi connectivity index (χ2n) is 4.36. The zero-order valence-corrected chi connectivity index (χ0v) is 10.2. The lowest BCUT2D eigenvalue weighted by atomic mass is 10.1. The van der Waals surface area contributed by atoms with Gasteiger partial charge in [0, 0.05) is 19.1 Å². The molecule has 0 aliphatic carbocycles. The summed E-state index contributed by atoms with van der Waals surface area (Å²) in [5, 5.41) is 7.78. The first-order chi connectivity index (χ1) is 8.58. The highest BCUT2D eigenvalue weighted by Crippen LogP contribution is 2.15. The Kier molecular flexibility index (Phi) is 3.73. The summed E-state index contributed by atoms with van der Waals surface area (Å²) < 4.78 is 5.56. The molecule has 7 heteroatoms. The van der Waals surface area contributed by atoms with Crippen LogP contribution in [0.2, 0.25) is 0 Å². The number of rotatable bonds is 3.